The SMILES string of the molecule is CCC(N)(Cc1ccccc1)c1csc(C)c1. The lowest BCUT2D eigenvalue weighted by molar-refractivity contribution is 0.426. The summed E-state index contributed by atoms with van der Waals surface area (Å²) >= 11 is 1.78. The number of hydrogen-bond donors (Lipinski definition) is 1. The smallest absolute Gasteiger partial charge is 0.0456 e. The van der Waals surface area contributed by atoms with Crippen molar-refractivity contribution in [2.45, 2.75) is 32.2 Å². The zero-order valence-electron chi connectivity index (χ0n) is 10.4. The van der Waals surface area contributed by atoms with Crippen LogP contribution in [0, 0.1) is 6.92 Å². The summed E-state index contributed by atoms with van der Waals surface area (Å²) in [5.41, 5.74) is 8.92. The first-order valence-electron chi connectivity index (χ1n) is 6.02. The molecule has 1 unspecified atom stereocenters. The van der Waals surface area contributed by atoms with Crippen molar-refractivity contribution in [2.75, 3.05) is 0 Å². The molecule has 1 aromatic carbocycles. The van der Waals surface area contributed by atoms with Gasteiger partial charge >= 0.3 is 0 Å². The van der Waals surface area contributed by atoms with Crippen molar-refractivity contribution >= 4 is 11.3 Å². The molecule has 2 N–H and O–H groups in total. The minimum atomic E-state index is -0.230. The fraction of sp³-hybridized carbons (Fsp3) is 0.333. The number of aryl methyl sites for hydroxylation is 1. The third-order valence-electron chi connectivity index (χ3n) is 3.30. The molecule has 0 bridgehead atoms. The molecule has 1 atom stereocenters. The van der Waals surface area contributed by atoms with E-state index >= 15 is 0 Å². The van der Waals surface area contributed by atoms with E-state index in [1.54, 1.807) is 11.3 Å². The molecule has 1 aromatic heterocycles. The van der Waals surface area contributed by atoms with Gasteiger partial charge < -0.3 is 5.73 Å². The number of benzene rings is 1. The molecule has 0 aliphatic carbocycles. The van der Waals surface area contributed by atoms with Crippen LogP contribution in [0.3, 0.4) is 0 Å². The minimum absolute atomic E-state index is 0.230. The molecule has 0 saturated carbocycles. The Morgan fingerprint density at radius 3 is 2.47 bits per heavy atom. The van der Waals surface area contributed by atoms with E-state index in [9.17, 15) is 0 Å². The van der Waals surface area contributed by atoms with Crippen LogP contribution in [0.1, 0.15) is 29.3 Å². The van der Waals surface area contributed by atoms with Crippen LogP contribution in [0.15, 0.2) is 41.8 Å². The summed E-state index contributed by atoms with van der Waals surface area (Å²) in [5.74, 6) is 0. The van der Waals surface area contributed by atoms with E-state index < -0.39 is 0 Å². The molecule has 0 amide bonds. The first-order valence-corrected chi connectivity index (χ1v) is 6.90. The molecule has 17 heavy (non-hydrogen) atoms. The van der Waals surface area contributed by atoms with Crippen molar-refractivity contribution in [2.24, 2.45) is 5.73 Å². The summed E-state index contributed by atoms with van der Waals surface area (Å²) in [5, 5.41) is 2.20. The van der Waals surface area contributed by atoms with E-state index in [1.807, 2.05) is 6.07 Å². The number of nitrogens with two attached hydrogens (primary N) is 1. The Hall–Kier alpha value is -1.12. The molecule has 90 valence electrons. The Labute approximate surface area is 107 Å². The fourth-order valence-electron chi connectivity index (χ4n) is 2.10. The van der Waals surface area contributed by atoms with Gasteiger partial charge in [0.1, 0.15) is 0 Å². The molecule has 1 nitrogen and oxygen atoms in total. The van der Waals surface area contributed by atoms with Gasteiger partial charge in [-0.3, -0.25) is 0 Å². The van der Waals surface area contributed by atoms with Gasteiger partial charge in [-0.25, -0.2) is 0 Å². The third kappa shape index (κ3) is 2.76. The quantitative estimate of drug-likeness (QED) is 0.869. The summed E-state index contributed by atoms with van der Waals surface area (Å²) in [7, 11) is 0. The predicted molar refractivity (Wildman–Crippen MR) is 75.4 cm³/mol. The summed E-state index contributed by atoms with van der Waals surface area (Å²) in [6.45, 7) is 4.29. The molecule has 1 heterocycles. The maximum atomic E-state index is 6.57. The topological polar surface area (TPSA) is 26.0 Å². The molecule has 0 aliphatic rings. The van der Waals surface area contributed by atoms with Crippen LogP contribution in [-0.4, -0.2) is 0 Å². The fourth-order valence-corrected chi connectivity index (χ4v) is 2.91. The lowest BCUT2D eigenvalue weighted by Crippen LogP contribution is -2.37. The Balaban J connectivity index is 2.26. The lowest BCUT2D eigenvalue weighted by atomic mass is 9.84. The second kappa shape index (κ2) is 5.03. The molecule has 2 aromatic rings. The Kier molecular flexibility index (Phi) is 3.65. The number of hydrogen-bond acceptors (Lipinski definition) is 2. The van der Waals surface area contributed by atoms with Crippen LogP contribution >= 0.6 is 11.3 Å². The molecule has 0 radical (unpaired) electrons. The van der Waals surface area contributed by atoms with Gasteiger partial charge in [0.2, 0.25) is 0 Å². The van der Waals surface area contributed by atoms with Crippen molar-refractivity contribution in [3.8, 4) is 0 Å². The predicted octanol–water partition coefficient (Wildman–Crippen LogP) is 3.86. The van der Waals surface area contributed by atoms with Crippen molar-refractivity contribution < 1.29 is 0 Å². The van der Waals surface area contributed by atoms with Crippen molar-refractivity contribution in [1.82, 2.24) is 0 Å². The number of rotatable bonds is 4. The molecule has 0 aliphatic heterocycles. The first kappa shape index (κ1) is 12.3. The van der Waals surface area contributed by atoms with E-state index in [1.165, 1.54) is 16.0 Å². The van der Waals surface area contributed by atoms with Crippen LogP contribution in [-0.2, 0) is 12.0 Å². The molecular formula is C15H19NS. The molecule has 0 saturated heterocycles. The highest BCUT2D eigenvalue weighted by atomic mass is 32.1. The van der Waals surface area contributed by atoms with Gasteiger partial charge in [-0.15, -0.1) is 11.3 Å². The van der Waals surface area contributed by atoms with Crippen molar-refractivity contribution in [3.05, 3.63) is 57.8 Å². The van der Waals surface area contributed by atoms with Crippen LogP contribution < -0.4 is 5.73 Å². The van der Waals surface area contributed by atoms with Crippen LogP contribution in [0.5, 0.6) is 0 Å². The largest absolute Gasteiger partial charge is 0.321 e. The van der Waals surface area contributed by atoms with Gasteiger partial charge in [0.25, 0.3) is 0 Å². The van der Waals surface area contributed by atoms with Gasteiger partial charge in [0, 0.05) is 10.4 Å². The van der Waals surface area contributed by atoms with E-state index in [4.69, 9.17) is 5.73 Å². The summed E-state index contributed by atoms with van der Waals surface area (Å²) in [4.78, 5) is 1.33. The second-order valence-electron chi connectivity index (χ2n) is 4.62. The second-order valence-corrected chi connectivity index (χ2v) is 5.73. The van der Waals surface area contributed by atoms with E-state index in [0.717, 1.165) is 12.8 Å². The lowest BCUT2D eigenvalue weighted by Gasteiger charge is -2.27. The van der Waals surface area contributed by atoms with Crippen LogP contribution in [0.2, 0.25) is 0 Å². The van der Waals surface area contributed by atoms with Gasteiger partial charge in [-0.2, -0.15) is 0 Å². The highest BCUT2D eigenvalue weighted by molar-refractivity contribution is 7.10. The molecule has 2 heteroatoms. The average Bonchev–Trinajstić information content (AvgIpc) is 2.78. The van der Waals surface area contributed by atoms with E-state index in [-0.39, 0.29) is 5.54 Å². The highest BCUT2D eigenvalue weighted by Crippen LogP contribution is 2.29. The zero-order valence-corrected chi connectivity index (χ0v) is 11.3. The maximum absolute atomic E-state index is 6.57. The minimum Gasteiger partial charge on any atom is -0.321 e. The summed E-state index contributed by atoms with van der Waals surface area (Å²) in [6.07, 6.45) is 1.86. The van der Waals surface area contributed by atoms with Gasteiger partial charge in [-0.05, 0) is 42.3 Å². The number of thiophene rings is 1. The third-order valence-corrected chi connectivity index (χ3v) is 4.16. The molecule has 0 spiro atoms. The van der Waals surface area contributed by atoms with Crippen LogP contribution in [0.4, 0.5) is 0 Å². The normalized spacial score (nSPS) is 14.5. The van der Waals surface area contributed by atoms with Crippen LogP contribution in [0.25, 0.3) is 0 Å². The Bertz CT molecular complexity index is 475. The summed E-state index contributed by atoms with van der Waals surface area (Å²) in [6, 6.07) is 12.7. The first-order chi connectivity index (χ1) is 8.14. The van der Waals surface area contributed by atoms with Crippen molar-refractivity contribution in [3.63, 3.8) is 0 Å². The zero-order chi connectivity index (χ0) is 12.3. The Morgan fingerprint density at radius 1 is 1.24 bits per heavy atom. The Morgan fingerprint density at radius 2 is 1.94 bits per heavy atom. The van der Waals surface area contributed by atoms with Gasteiger partial charge in [-0.1, -0.05) is 37.3 Å². The molecule has 0 fully saturated rings. The van der Waals surface area contributed by atoms with Gasteiger partial charge in [0.05, 0.1) is 0 Å². The monoisotopic (exact) mass is 245 g/mol. The van der Waals surface area contributed by atoms with Gasteiger partial charge in [0.15, 0.2) is 0 Å². The average molecular weight is 245 g/mol. The highest BCUT2D eigenvalue weighted by Gasteiger charge is 2.26. The van der Waals surface area contributed by atoms with E-state index in [0.29, 0.717) is 0 Å². The molecule has 2 rings (SSSR count). The van der Waals surface area contributed by atoms with Crippen molar-refractivity contribution in [1.29, 1.82) is 0 Å². The molecular weight excluding hydrogens is 226 g/mol. The standard InChI is InChI=1S/C15H19NS/c1-3-15(16,14-9-12(2)17-11-14)10-13-7-5-4-6-8-13/h4-9,11H,3,10,16H2,1-2H3. The maximum Gasteiger partial charge on any atom is 0.0456 e. The van der Waals surface area contributed by atoms with E-state index in [2.05, 4.69) is 49.6 Å². The summed E-state index contributed by atoms with van der Waals surface area (Å²) < 4.78 is 0.